The lowest BCUT2D eigenvalue weighted by Gasteiger charge is -2.28. The van der Waals surface area contributed by atoms with Gasteiger partial charge in [-0.1, -0.05) is 155 Å². The minimum atomic E-state index is -0.0824. The Kier molecular flexibility index (Phi) is 7.58. The van der Waals surface area contributed by atoms with E-state index < -0.39 is 0 Å². The minimum Gasteiger partial charge on any atom is -0.310 e. The van der Waals surface area contributed by atoms with Crippen molar-refractivity contribution in [2.75, 3.05) is 4.90 Å². The molecule has 254 valence electrons. The third-order valence-electron chi connectivity index (χ3n) is 11.5. The van der Waals surface area contributed by atoms with E-state index >= 15 is 0 Å². The second-order valence-electron chi connectivity index (χ2n) is 15.3. The van der Waals surface area contributed by atoms with Gasteiger partial charge in [0.25, 0.3) is 0 Å². The van der Waals surface area contributed by atoms with E-state index in [0.29, 0.717) is 5.56 Å². The van der Waals surface area contributed by atoms with Crippen molar-refractivity contribution >= 4 is 51.1 Å². The molecule has 53 heavy (non-hydrogen) atoms. The summed E-state index contributed by atoms with van der Waals surface area (Å²) in [6, 6.07) is 58.5. The molecule has 7 aromatic rings. The predicted molar refractivity (Wildman–Crippen MR) is 223 cm³/mol. The molecule has 0 heterocycles. The standard InChI is InChI=1S/C51H40N2/c1-50(2)45-17-11-10-16-43(45)48-49(50)44-30-21-34(32-46(44)51(48,3)4)18-22-38-25-31-47(42-15-9-8-14-41(38)42)53(39-26-19-35(33-52)20-27-39)40-28-23-37(24-29-40)36-12-6-5-7-13-36/h5-32H,1-4H3. The van der Waals surface area contributed by atoms with Crippen LogP contribution in [0.25, 0.3) is 45.2 Å². The van der Waals surface area contributed by atoms with E-state index in [1.54, 1.807) is 0 Å². The summed E-state index contributed by atoms with van der Waals surface area (Å²) < 4.78 is 0. The van der Waals surface area contributed by atoms with Crippen LogP contribution in [0.5, 0.6) is 0 Å². The zero-order chi connectivity index (χ0) is 36.3. The highest BCUT2D eigenvalue weighted by Crippen LogP contribution is 2.62. The number of anilines is 3. The molecule has 0 bridgehead atoms. The Morgan fingerprint density at radius 3 is 1.81 bits per heavy atom. The van der Waals surface area contributed by atoms with Gasteiger partial charge in [-0.25, -0.2) is 0 Å². The quantitative estimate of drug-likeness (QED) is 0.163. The van der Waals surface area contributed by atoms with Crippen LogP contribution in [0.2, 0.25) is 0 Å². The van der Waals surface area contributed by atoms with Crippen molar-refractivity contribution in [2.24, 2.45) is 0 Å². The zero-order valence-electron chi connectivity index (χ0n) is 30.6. The first-order valence-corrected chi connectivity index (χ1v) is 18.4. The lowest BCUT2D eigenvalue weighted by atomic mass is 9.75. The highest BCUT2D eigenvalue weighted by Gasteiger charge is 2.49. The number of benzene rings is 7. The first kappa shape index (κ1) is 32.5. The van der Waals surface area contributed by atoms with Crippen molar-refractivity contribution in [1.29, 1.82) is 5.26 Å². The molecular weight excluding hydrogens is 641 g/mol. The number of fused-ring (bicyclic) bond motifs is 5. The van der Waals surface area contributed by atoms with E-state index in [0.717, 1.165) is 22.4 Å². The monoisotopic (exact) mass is 680 g/mol. The summed E-state index contributed by atoms with van der Waals surface area (Å²) in [5.41, 5.74) is 17.0. The van der Waals surface area contributed by atoms with Gasteiger partial charge in [0.1, 0.15) is 0 Å². The molecule has 0 fully saturated rings. The van der Waals surface area contributed by atoms with Gasteiger partial charge >= 0.3 is 0 Å². The molecule has 0 spiro atoms. The fourth-order valence-corrected chi connectivity index (χ4v) is 8.86. The van der Waals surface area contributed by atoms with Crippen LogP contribution in [-0.4, -0.2) is 0 Å². The number of nitrogens with zero attached hydrogens (tertiary/aromatic N) is 2. The van der Waals surface area contributed by atoms with Crippen molar-refractivity contribution in [1.82, 2.24) is 0 Å². The molecule has 0 atom stereocenters. The summed E-state index contributed by atoms with van der Waals surface area (Å²) >= 11 is 0. The second kappa shape index (κ2) is 12.4. The van der Waals surface area contributed by atoms with Crippen LogP contribution >= 0.6 is 0 Å². The number of nitriles is 1. The highest BCUT2D eigenvalue weighted by atomic mass is 15.1. The van der Waals surface area contributed by atoms with E-state index in [1.165, 1.54) is 61.0 Å². The van der Waals surface area contributed by atoms with Crippen LogP contribution < -0.4 is 4.90 Å². The number of hydrogen-bond acceptors (Lipinski definition) is 2. The van der Waals surface area contributed by atoms with Crippen LogP contribution in [0.4, 0.5) is 17.1 Å². The van der Waals surface area contributed by atoms with Crippen LogP contribution in [-0.2, 0) is 10.8 Å². The lowest BCUT2D eigenvalue weighted by molar-refractivity contribution is 0.694. The summed E-state index contributed by atoms with van der Waals surface area (Å²) in [4.78, 5) is 2.29. The zero-order valence-corrected chi connectivity index (χ0v) is 30.6. The summed E-state index contributed by atoms with van der Waals surface area (Å²) in [5, 5.41) is 11.9. The molecule has 7 aromatic carbocycles. The first-order chi connectivity index (χ1) is 25.8. The smallest absolute Gasteiger partial charge is 0.0991 e. The fraction of sp³-hybridized carbons (Fsp3) is 0.118. The summed E-state index contributed by atoms with van der Waals surface area (Å²) in [7, 11) is 0. The Labute approximate surface area is 312 Å². The summed E-state index contributed by atoms with van der Waals surface area (Å²) in [5.74, 6) is 0. The van der Waals surface area contributed by atoms with Crippen LogP contribution in [0.15, 0.2) is 158 Å². The molecule has 0 amide bonds. The maximum Gasteiger partial charge on any atom is 0.0991 e. The Balaban J connectivity index is 1.09. The minimum absolute atomic E-state index is 0.0258. The van der Waals surface area contributed by atoms with Crippen molar-refractivity contribution in [3.8, 4) is 17.2 Å². The summed E-state index contributed by atoms with van der Waals surface area (Å²) in [6.07, 6.45) is 4.53. The average molecular weight is 681 g/mol. The number of hydrogen-bond donors (Lipinski definition) is 0. The Morgan fingerprint density at radius 2 is 1.09 bits per heavy atom. The Morgan fingerprint density at radius 1 is 0.509 bits per heavy atom. The van der Waals surface area contributed by atoms with Crippen molar-refractivity contribution < 1.29 is 0 Å². The van der Waals surface area contributed by atoms with Gasteiger partial charge in [0.05, 0.1) is 17.3 Å². The van der Waals surface area contributed by atoms with Crippen LogP contribution in [0.3, 0.4) is 0 Å². The summed E-state index contributed by atoms with van der Waals surface area (Å²) in [6.45, 7) is 9.54. The van der Waals surface area contributed by atoms with E-state index in [9.17, 15) is 5.26 Å². The Bertz CT molecular complexity index is 2650. The molecule has 2 aliphatic rings. The van der Waals surface area contributed by atoms with E-state index in [2.05, 4.69) is 178 Å². The highest BCUT2D eigenvalue weighted by molar-refractivity contribution is 6.10. The molecule has 2 nitrogen and oxygen atoms in total. The van der Waals surface area contributed by atoms with Gasteiger partial charge in [0.15, 0.2) is 0 Å². The van der Waals surface area contributed by atoms with E-state index in [4.69, 9.17) is 0 Å². The first-order valence-electron chi connectivity index (χ1n) is 18.4. The van der Waals surface area contributed by atoms with Gasteiger partial charge in [-0.3, -0.25) is 0 Å². The number of rotatable bonds is 6. The van der Waals surface area contributed by atoms with Gasteiger partial charge in [-0.05, 0) is 104 Å². The Hall–Kier alpha value is -6.43. The van der Waals surface area contributed by atoms with Gasteiger partial charge in [0, 0.05) is 27.6 Å². The van der Waals surface area contributed by atoms with Gasteiger partial charge < -0.3 is 4.90 Å². The fourth-order valence-electron chi connectivity index (χ4n) is 8.86. The van der Waals surface area contributed by atoms with Gasteiger partial charge in [-0.15, -0.1) is 0 Å². The van der Waals surface area contributed by atoms with Gasteiger partial charge in [-0.2, -0.15) is 5.26 Å². The van der Waals surface area contributed by atoms with Crippen molar-refractivity contribution in [3.63, 3.8) is 0 Å². The van der Waals surface area contributed by atoms with E-state index in [1.807, 2.05) is 30.3 Å². The third-order valence-corrected chi connectivity index (χ3v) is 11.5. The number of allylic oxidation sites excluding steroid dienone is 2. The average Bonchev–Trinajstić information content (AvgIpc) is 3.59. The van der Waals surface area contributed by atoms with Crippen molar-refractivity contribution in [2.45, 2.75) is 38.5 Å². The maximum absolute atomic E-state index is 9.54. The largest absolute Gasteiger partial charge is 0.310 e. The molecule has 0 saturated carbocycles. The topological polar surface area (TPSA) is 27.0 Å². The van der Waals surface area contributed by atoms with Crippen molar-refractivity contribution in [3.05, 3.63) is 197 Å². The molecule has 0 saturated heterocycles. The predicted octanol–water partition coefficient (Wildman–Crippen LogP) is 13.5. The molecule has 0 aliphatic heterocycles. The molecule has 2 heteroatoms. The molecular formula is C51H40N2. The SMILES string of the molecule is CC1(C)C2=C(c3ccccc31)C(C)(C)c1cc(C=Cc3ccc(N(c4ccc(C#N)cc4)c4ccc(-c5ccccc5)cc4)c4ccccc34)ccc12. The molecule has 9 rings (SSSR count). The normalized spacial score (nSPS) is 14.9. The molecule has 0 unspecified atom stereocenters. The van der Waals surface area contributed by atoms with Crippen LogP contribution in [0.1, 0.15) is 66.6 Å². The second-order valence-corrected chi connectivity index (χ2v) is 15.3. The molecule has 0 radical (unpaired) electrons. The molecule has 0 N–H and O–H groups in total. The van der Waals surface area contributed by atoms with Gasteiger partial charge in [0.2, 0.25) is 0 Å². The maximum atomic E-state index is 9.54. The molecule has 2 aliphatic carbocycles. The third kappa shape index (κ3) is 5.23. The van der Waals surface area contributed by atoms with Crippen LogP contribution in [0, 0.1) is 11.3 Å². The van der Waals surface area contributed by atoms with E-state index in [-0.39, 0.29) is 10.8 Å². The molecule has 0 aromatic heterocycles. The lowest BCUT2D eigenvalue weighted by Crippen LogP contribution is -2.19.